The molecule has 0 aliphatic carbocycles. The van der Waals surface area contributed by atoms with Gasteiger partial charge in [0.25, 0.3) is 0 Å². The molecule has 1 N–H and O–H groups in total. The van der Waals surface area contributed by atoms with Gasteiger partial charge in [0.2, 0.25) is 0 Å². The third-order valence-corrected chi connectivity index (χ3v) is 1.95. The van der Waals surface area contributed by atoms with Crippen LogP contribution in [-0.2, 0) is 0 Å². The lowest BCUT2D eigenvalue weighted by atomic mass is 10.2. The molecule has 0 aliphatic rings. The highest BCUT2D eigenvalue weighted by Crippen LogP contribution is 2.22. The minimum absolute atomic E-state index is 0.152. The predicted octanol–water partition coefficient (Wildman–Crippen LogP) is 2.41. The molecule has 0 fully saturated rings. The van der Waals surface area contributed by atoms with Gasteiger partial charge in [-0.25, -0.2) is 0 Å². The van der Waals surface area contributed by atoms with Crippen LogP contribution in [0.3, 0.4) is 0 Å². The number of aliphatic hydroxyl groups excluding tert-OH is 1. The van der Waals surface area contributed by atoms with E-state index in [0.717, 1.165) is 11.3 Å². The lowest BCUT2D eigenvalue weighted by molar-refractivity contribution is 0.233. The molecule has 1 aromatic carbocycles. The standard InChI is InChI=1S/C10H13ClO2/c1-8-3-4-9(11)7-10(8)13-6-2-5-12/h3-4,7,12H,2,5-6H2,1H3. The van der Waals surface area contributed by atoms with Crippen LogP contribution in [0.4, 0.5) is 0 Å². The first-order chi connectivity index (χ1) is 6.24. The smallest absolute Gasteiger partial charge is 0.123 e. The Labute approximate surface area is 83.1 Å². The number of benzene rings is 1. The molecule has 0 saturated heterocycles. The van der Waals surface area contributed by atoms with Crippen molar-refractivity contribution >= 4 is 11.6 Å². The molecular weight excluding hydrogens is 188 g/mol. The molecule has 0 saturated carbocycles. The third kappa shape index (κ3) is 3.25. The van der Waals surface area contributed by atoms with Crippen LogP contribution >= 0.6 is 11.6 Å². The number of halogens is 1. The summed E-state index contributed by atoms with van der Waals surface area (Å²) in [4.78, 5) is 0. The second kappa shape index (κ2) is 5.10. The van der Waals surface area contributed by atoms with Gasteiger partial charge < -0.3 is 9.84 Å². The Morgan fingerprint density at radius 2 is 2.23 bits per heavy atom. The van der Waals surface area contributed by atoms with Crippen LogP contribution in [0.1, 0.15) is 12.0 Å². The maximum atomic E-state index is 8.56. The van der Waals surface area contributed by atoms with Gasteiger partial charge in [-0.05, 0) is 24.6 Å². The molecule has 0 aromatic heterocycles. The summed E-state index contributed by atoms with van der Waals surface area (Å²) in [5.74, 6) is 0.793. The van der Waals surface area contributed by atoms with Crippen LogP contribution in [0, 0.1) is 6.92 Å². The Kier molecular flexibility index (Phi) is 4.06. The fourth-order valence-electron chi connectivity index (χ4n) is 0.976. The zero-order valence-electron chi connectivity index (χ0n) is 7.59. The van der Waals surface area contributed by atoms with E-state index < -0.39 is 0 Å². The van der Waals surface area contributed by atoms with Gasteiger partial charge in [-0.1, -0.05) is 17.7 Å². The van der Waals surface area contributed by atoms with Gasteiger partial charge >= 0.3 is 0 Å². The minimum Gasteiger partial charge on any atom is -0.493 e. The van der Waals surface area contributed by atoms with Crippen LogP contribution in [0.25, 0.3) is 0 Å². The molecule has 72 valence electrons. The van der Waals surface area contributed by atoms with Crippen molar-refractivity contribution < 1.29 is 9.84 Å². The first kappa shape index (κ1) is 10.4. The van der Waals surface area contributed by atoms with Crippen LogP contribution in [0.15, 0.2) is 18.2 Å². The monoisotopic (exact) mass is 200 g/mol. The van der Waals surface area contributed by atoms with E-state index in [9.17, 15) is 0 Å². The van der Waals surface area contributed by atoms with Crippen LogP contribution in [0.5, 0.6) is 5.75 Å². The average Bonchev–Trinajstić information content (AvgIpc) is 2.11. The molecule has 1 rings (SSSR count). The topological polar surface area (TPSA) is 29.5 Å². The summed E-state index contributed by atoms with van der Waals surface area (Å²) in [6, 6.07) is 5.53. The summed E-state index contributed by atoms with van der Waals surface area (Å²) >= 11 is 5.80. The summed E-state index contributed by atoms with van der Waals surface area (Å²) in [6.07, 6.45) is 0.645. The lowest BCUT2D eigenvalue weighted by Gasteiger charge is -2.08. The van der Waals surface area contributed by atoms with E-state index in [1.54, 1.807) is 6.07 Å². The highest BCUT2D eigenvalue weighted by atomic mass is 35.5. The van der Waals surface area contributed by atoms with Crippen molar-refractivity contribution in [1.29, 1.82) is 0 Å². The van der Waals surface area contributed by atoms with Crippen molar-refractivity contribution in [2.75, 3.05) is 13.2 Å². The molecule has 0 aliphatic heterocycles. The molecular formula is C10H13ClO2. The molecule has 2 nitrogen and oxygen atoms in total. The number of hydrogen-bond donors (Lipinski definition) is 1. The van der Waals surface area contributed by atoms with Gasteiger partial charge in [-0.2, -0.15) is 0 Å². The summed E-state index contributed by atoms with van der Waals surface area (Å²) < 4.78 is 5.41. The molecule has 0 heterocycles. The largest absolute Gasteiger partial charge is 0.493 e. The molecule has 0 amide bonds. The zero-order valence-corrected chi connectivity index (χ0v) is 8.34. The fourth-order valence-corrected chi connectivity index (χ4v) is 1.14. The van der Waals surface area contributed by atoms with Gasteiger partial charge in [-0.15, -0.1) is 0 Å². The van der Waals surface area contributed by atoms with Gasteiger partial charge in [-0.3, -0.25) is 0 Å². The Morgan fingerprint density at radius 3 is 2.92 bits per heavy atom. The van der Waals surface area contributed by atoms with E-state index in [-0.39, 0.29) is 6.61 Å². The van der Waals surface area contributed by atoms with Crippen molar-refractivity contribution in [1.82, 2.24) is 0 Å². The number of rotatable bonds is 4. The van der Waals surface area contributed by atoms with Crippen molar-refractivity contribution in [2.45, 2.75) is 13.3 Å². The highest BCUT2D eigenvalue weighted by Gasteiger charge is 1.99. The Balaban J connectivity index is 2.59. The second-order valence-corrected chi connectivity index (χ2v) is 3.27. The fraction of sp³-hybridized carbons (Fsp3) is 0.400. The number of aryl methyl sites for hydroxylation is 1. The number of hydrogen-bond acceptors (Lipinski definition) is 2. The molecule has 1 aromatic rings. The quantitative estimate of drug-likeness (QED) is 0.757. The summed E-state index contributed by atoms with van der Waals surface area (Å²) in [7, 11) is 0. The second-order valence-electron chi connectivity index (χ2n) is 2.84. The first-order valence-corrected chi connectivity index (χ1v) is 4.61. The summed E-state index contributed by atoms with van der Waals surface area (Å²) in [6.45, 7) is 2.64. The van der Waals surface area contributed by atoms with E-state index in [1.807, 2.05) is 19.1 Å². The van der Waals surface area contributed by atoms with Crippen molar-refractivity contribution in [3.05, 3.63) is 28.8 Å². The van der Waals surface area contributed by atoms with Crippen LogP contribution in [-0.4, -0.2) is 18.3 Å². The Morgan fingerprint density at radius 1 is 1.46 bits per heavy atom. The number of aliphatic hydroxyl groups is 1. The summed E-state index contributed by atoms with van der Waals surface area (Å²) in [5, 5.41) is 9.23. The molecule has 0 radical (unpaired) electrons. The molecule has 0 unspecified atom stereocenters. The van der Waals surface area contributed by atoms with Gasteiger partial charge in [0, 0.05) is 18.1 Å². The highest BCUT2D eigenvalue weighted by molar-refractivity contribution is 6.30. The lowest BCUT2D eigenvalue weighted by Crippen LogP contribution is -2.00. The van der Waals surface area contributed by atoms with Gasteiger partial charge in [0.1, 0.15) is 5.75 Å². The van der Waals surface area contributed by atoms with E-state index in [4.69, 9.17) is 21.4 Å². The van der Waals surface area contributed by atoms with Gasteiger partial charge in [0.15, 0.2) is 0 Å². The number of ether oxygens (including phenoxy) is 1. The maximum Gasteiger partial charge on any atom is 0.123 e. The maximum absolute atomic E-state index is 8.56. The van der Waals surface area contributed by atoms with E-state index in [0.29, 0.717) is 18.1 Å². The molecule has 0 atom stereocenters. The Hall–Kier alpha value is -0.730. The van der Waals surface area contributed by atoms with Crippen molar-refractivity contribution in [2.24, 2.45) is 0 Å². The first-order valence-electron chi connectivity index (χ1n) is 4.24. The SMILES string of the molecule is Cc1ccc(Cl)cc1OCCCO. The zero-order chi connectivity index (χ0) is 9.68. The van der Waals surface area contributed by atoms with Crippen molar-refractivity contribution in [3.8, 4) is 5.75 Å². The van der Waals surface area contributed by atoms with Crippen molar-refractivity contribution in [3.63, 3.8) is 0 Å². The minimum atomic E-state index is 0.152. The summed E-state index contributed by atoms with van der Waals surface area (Å²) in [5.41, 5.74) is 1.06. The van der Waals surface area contributed by atoms with E-state index in [2.05, 4.69) is 0 Å². The molecule has 13 heavy (non-hydrogen) atoms. The van der Waals surface area contributed by atoms with E-state index in [1.165, 1.54) is 0 Å². The predicted molar refractivity (Wildman–Crippen MR) is 53.4 cm³/mol. The third-order valence-electron chi connectivity index (χ3n) is 1.71. The molecule has 0 bridgehead atoms. The normalized spacial score (nSPS) is 10.1. The van der Waals surface area contributed by atoms with Crippen LogP contribution in [0.2, 0.25) is 5.02 Å². The van der Waals surface area contributed by atoms with Gasteiger partial charge in [0.05, 0.1) is 6.61 Å². The average molecular weight is 201 g/mol. The Bertz CT molecular complexity index is 274. The molecule has 3 heteroatoms. The van der Waals surface area contributed by atoms with Crippen LogP contribution < -0.4 is 4.74 Å². The molecule has 0 spiro atoms. The van der Waals surface area contributed by atoms with E-state index >= 15 is 0 Å².